The highest BCUT2D eigenvalue weighted by atomic mass is 16.3. The summed E-state index contributed by atoms with van der Waals surface area (Å²) in [6, 6.07) is 0. The van der Waals surface area contributed by atoms with Gasteiger partial charge in [-0.1, -0.05) is 24.3 Å². The third-order valence-electron chi connectivity index (χ3n) is 2.83. The van der Waals surface area contributed by atoms with E-state index in [0.29, 0.717) is 11.8 Å². The van der Waals surface area contributed by atoms with Crippen LogP contribution < -0.4 is 0 Å². The SMILES string of the molecule is OC1C=CC[C@@H]2CC=CCC12. The molecule has 1 heteroatoms. The molecule has 0 spiro atoms. The molecule has 2 aliphatic rings. The van der Waals surface area contributed by atoms with Crippen molar-refractivity contribution in [2.24, 2.45) is 11.8 Å². The van der Waals surface area contributed by atoms with Crippen molar-refractivity contribution < 1.29 is 5.11 Å². The first-order valence-corrected chi connectivity index (χ1v) is 4.37. The van der Waals surface area contributed by atoms with Gasteiger partial charge in [0.05, 0.1) is 6.10 Å². The average molecular weight is 150 g/mol. The summed E-state index contributed by atoms with van der Waals surface area (Å²) < 4.78 is 0. The van der Waals surface area contributed by atoms with Crippen LogP contribution in [0.3, 0.4) is 0 Å². The highest BCUT2D eigenvalue weighted by Crippen LogP contribution is 2.34. The van der Waals surface area contributed by atoms with Crippen LogP contribution in [-0.2, 0) is 0 Å². The van der Waals surface area contributed by atoms with Gasteiger partial charge in [-0.15, -0.1) is 0 Å². The number of hydrogen-bond donors (Lipinski definition) is 1. The Kier molecular flexibility index (Phi) is 1.82. The number of hydrogen-bond acceptors (Lipinski definition) is 1. The van der Waals surface area contributed by atoms with Gasteiger partial charge in [0.1, 0.15) is 0 Å². The molecule has 0 radical (unpaired) electrons. The van der Waals surface area contributed by atoms with Crippen LogP contribution in [0, 0.1) is 11.8 Å². The number of aliphatic hydroxyl groups excluding tert-OH is 1. The van der Waals surface area contributed by atoms with E-state index >= 15 is 0 Å². The summed E-state index contributed by atoms with van der Waals surface area (Å²) >= 11 is 0. The molecular weight excluding hydrogens is 136 g/mol. The fraction of sp³-hybridized carbons (Fsp3) is 0.600. The zero-order chi connectivity index (χ0) is 7.68. The van der Waals surface area contributed by atoms with Crippen LogP contribution in [0.5, 0.6) is 0 Å². The maximum atomic E-state index is 9.58. The minimum Gasteiger partial charge on any atom is -0.389 e. The molecule has 0 aliphatic heterocycles. The molecule has 0 aromatic carbocycles. The lowest BCUT2D eigenvalue weighted by Crippen LogP contribution is -2.30. The maximum Gasteiger partial charge on any atom is 0.0754 e. The minimum atomic E-state index is -0.182. The summed E-state index contributed by atoms with van der Waals surface area (Å²) in [5.41, 5.74) is 0. The van der Waals surface area contributed by atoms with Crippen LogP contribution in [0.15, 0.2) is 24.3 Å². The molecule has 60 valence electrons. The zero-order valence-corrected chi connectivity index (χ0v) is 6.61. The van der Waals surface area contributed by atoms with Gasteiger partial charge in [0.2, 0.25) is 0 Å². The highest BCUT2D eigenvalue weighted by Gasteiger charge is 2.28. The highest BCUT2D eigenvalue weighted by molar-refractivity contribution is 5.07. The lowest BCUT2D eigenvalue weighted by Gasteiger charge is -2.33. The lowest BCUT2D eigenvalue weighted by molar-refractivity contribution is 0.101. The summed E-state index contributed by atoms with van der Waals surface area (Å²) in [5.74, 6) is 1.21. The summed E-state index contributed by atoms with van der Waals surface area (Å²) in [6.45, 7) is 0. The number of allylic oxidation sites excluding steroid dienone is 3. The zero-order valence-electron chi connectivity index (χ0n) is 6.61. The van der Waals surface area contributed by atoms with Gasteiger partial charge in [0.15, 0.2) is 0 Å². The maximum absolute atomic E-state index is 9.58. The van der Waals surface area contributed by atoms with Crippen molar-refractivity contribution >= 4 is 0 Å². The first kappa shape index (κ1) is 7.11. The van der Waals surface area contributed by atoms with Crippen molar-refractivity contribution in [1.82, 2.24) is 0 Å². The number of rotatable bonds is 0. The molecule has 3 atom stereocenters. The predicted molar refractivity (Wildman–Crippen MR) is 45.1 cm³/mol. The van der Waals surface area contributed by atoms with Crippen LogP contribution in [0.1, 0.15) is 19.3 Å². The number of aliphatic hydroxyl groups is 1. The molecule has 0 fully saturated rings. The first-order chi connectivity index (χ1) is 5.38. The quantitative estimate of drug-likeness (QED) is 0.523. The minimum absolute atomic E-state index is 0.182. The van der Waals surface area contributed by atoms with E-state index in [0.717, 1.165) is 19.3 Å². The van der Waals surface area contributed by atoms with E-state index < -0.39 is 0 Å². The fourth-order valence-electron chi connectivity index (χ4n) is 2.12. The van der Waals surface area contributed by atoms with Crippen LogP contribution in [0.25, 0.3) is 0 Å². The molecule has 0 bridgehead atoms. The van der Waals surface area contributed by atoms with E-state index in [4.69, 9.17) is 0 Å². The predicted octanol–water partition coefficient (Wildman–Crippen LogP) is 1.89. The summed E-state index contributed by atoms with van der Waals surface area (Å²) in [7, 11) is 0. The fourth-order valence-corrected chi connectivity index (χ4v) is 2.12. The molecule has 0 aromatic rings. The van der Waals surface area contributed by atoms with Gasteiger partial charge in [0, 0.05) is 0 Å². The van der Waals surface area contributed by atoms with Crippen molar-refractivity contribution in [3.8, 4) is 0 Å². The number of fused-ring (bicyclic) bond motifs is 1. The van der Waals surface area contributed by atoms with E-state index in [1.807, 2.05) is 6.08 Å². The van der Waals surface area contributed by atoms with E-state index in [1.165, 1.54) is 0 Å². The van der Waals surface area contributed by atoms with E-state index in [-0.39, 0.29) is 6.10 Å². The molecular formula is C10H14O. The third-order valence-corrected chi connectivity index (χ3v) is 2.83. The molecule has 0 saturated carbocycles. The van der Waals surface area contributed by atoms with Crippen molar-refractivity contribution in [3.05, 3.63) is 24.3 Å². The van der Waals surface area contributed by atoms with Crippen molar-refractivity contribution in [1.29, 1.82) is 0 Å². The second kappa shape index (κ2) is 2.82. The monoisotopic (exact) mass is 150 g/mol. The molecule has 2 rings (SSSR count). The molecule has 2 aliphatic carbocycles. The van der Waals surface area contributed by atoms with Gasteiger partial charge in [0.25, 0.3) is 0 Å². The standard InChI is InChI=1S/C10H14O/c11-10-7-3-5-8-4-1-2-6-9(8)10/h1-3,7-11H,4-6H2/t8-,9?,10?/m0/s1. The molecule has 2 unspecified atom stereocenters. The lowest BCUT2D eigenvalue weighted by atomic mass is 9.75. The Morgan fingerprint density at radius 1 is 1.00 bits per heavy atom. The van der Waals surface area contributed by atoms with Crippen LogP contribution in [0.2, 0.25) is 0 Å². The van der Waals surface area contributed by atoms with Gasteiger partial charge in [-0.2, -0.15) is 0 Å². The normalized spacial score (nSPS) is 42.1. The molecule has 1 N–H and O–H groups in total. The summed E-state index contributed by atoms with van der Waals surface area (Å²) in [6.07, 6.45) is 11.7. The Morgan fingerprint density at radius 2 is 1.73 bits per heavy atom. The average Bonchev–Trinajstić information content (AvgIpc) is 2.06. The third kappa shape index (κ3) is 1.25. The van der Waals surface area contributed by atoms with Gasteiger partial charge < -0.3 is 5.11 Å². The van der Waals surface area contributed by atoms with Crippen LogP contribution >= 0.6 is 0 Å². The molecule has 11 heavy (non-hydrogen) atoms. The Balaban J connectivity index is 2.15. The largest absolute Gasteiger partial charge is 0.389 e. The van der Waals surface area contributed by atoms with E-state index in [1.54, 1.807) is 0 Å². The molecule has 1 nitrogen and oxygen atoms in total. The summed E-state index contributed by atoms with van der Waals surface area (Å²) in [4.78, 5) is 0. The Labute approximate surface area is 67.4 Å². The van der Waals surface area contributed by atoms with Gasteiger partial charge in [-0.05, 0) is 31.1 Å². The Morgan fingerprint density at radius 3 is 2.55 bits per heavy atom. The van der Waals surface area contributed by atoms with Gasteiger partial charge in [-0.3, -0.25) is 0 Å². The van der Waals surface area contributed by atoms with Crippen LogP contribution in [-0.4, -0.2) is 11.2 Å². The van der Waals surface area contributed by atoms with Gasteiger partial charge in [-0.25, -0.2) is 0 Å². The van der Waals surface area contributed by atoms with Crippen molar-refractivity contribution in [3.63, 3.8) is 0 Å². The van der Waals surface area contributed by atoms with Crippen molar-refractivity contribution in [2.45, 2.75) is 25.4 Å². The smallest absolute Gasteiger partial charge is 0.0754 e. The first-order valence-electron chi connectivity index (χ1n) is 4.37. The topological polar surface area (TPSA) is 20.2 Å². The summed E-state index contributed by atoms with van der Waals surface area (Å²) in [5, 5.41) is 9.58. The van der Waals surface area contributed by atoms with E-state index in [9.17, 15) is 5.11 Å². The van der Waals surface area contributed by atoms with E-state index in [2.05, 4.69) is 18.2 Å². The Bertz CT molecular complexity index is 193. The van der Waals surface area contributed by atoms with Gasteiger partial charge >= 0.3 is 0 Å². The second-order valence-electron chi connectivity index (χ2n) is 3.52. The molecule has 0 amide bonds. The molecule has 0 saturated heterocycles. The second-order valence-corrected chi connectivity index (χ2v) is 3.52. The Hall–Kier alpha value is -0.560. The molecule has 0 aromatic heterocycles. The molecule has 0 heterocycles. The van der Waals surface area contributed by atoms with Crippen LogP contribution in [0.4, 0.5) is 0 Å². The van der Waals surface area contributed by atoms with Crippen molar-refractivity contribution in [2.75, 3.05) is 0 Å².